The fourth-order valence-electron chi connectivity index (χ4n) is 1.94. The molecule has 1 saturated carbocycles. The molecule has 1 heterocycles. The van der Waals surface area contributed by atoms with Crippen LogP contribution in [0.5, 0.6) is 0 Å². The minimum atomic E-state index is 0.466. The molecule has 0 N–H and O–H groups in total. The van der Waals surface area contributed by atoms with Crippen molar-refractivity contribution in [1.29, 1.82) is 0 Å². The molecule has 1 aliphatic carbocycles. The molecule has 0 unspecified atom stereocenters. The van der Waals surface area contributed by atoms with Crippen LogP contribution in [0.25, 0.3) is 0 Å². The van der Waals surface area contributed by atoms with Gasteiger partial charge in [0.15, 0.2) is 0 Å². The van der Waals surface area contributed by atoms with Crippen LogP contribution < -0.4 is 0 Å². The van der Waals surface area contributed by atoms with Gasteiger partial charge in [-0.1, -0.05) is 22.4 Å². The molecule has 0 saturated heterocycles. The Morgan fingerprint density at radius 1 is 1.43 bits per heavy atom. The Morgan fingerprint density at radius 3 is 2.57 bits per heavy atom. The molecule has 1 fully saturated rings. The van der Waals surface area contributed by atoms with Crippen LogP contribution in [0.2, 0.25) is 0 Å². The fraction of sp³-hybridized carbons (Fsp3) is 0.800. The van der Waals surface area contributed by atoms with Crippen molar-refractivity contribution in [2.24, 2.45) is 0 Å². The second-order valence-electron chi connectivity index (χ2n) is 4.20. The fourth-order valence-corrected chi connectivity index (χ4v) is 2.32. The van der Waals surface area contributed by atoms with E-state index in [9.17, 15) is 0 Å². The van der Waals surface area contributed by atoms with Crippen molar-refractivity contribution in [3.05, 3.63) is 11.6 Å². The van der Waals surface area contributed by atoms with E-state index in [-0.39, 0.29) is 0 Å². The second-order valence-corrected chi connectivity index (χ2v) is 4.76. The lowest BCUT2D eigenvalue weighted by Gasteiger charge is -2.26. The SMILES string of the molecule is CC(C)n1c(CBr)nnc1C1CCC1. The Balaban J connectivity index is 2.33. The summed E-state index contributed by atoms with van der Waals surface area (Å²) in [6.07, 6.45) is 3.92. The highest BCUT2D eigenvalue weighted by Gasteiger charge is 2.26. The smallest absolute Gasteiger partial charge is 0.143 e. The Morgan fingerprint density at radius 2 is 2.14 bits per heavy atom. The molecule has 1 aromatic heterocycles. The van der Waals surface area contributed by atoms with Gasteiger partial charge in [-0.3, -0.25) is 0 Å². The average molecular weight is 258 g/mol. The summed E-state index contributed by atoms with van der Waals surface area (Å²) < 4.78 is 2.28. The van der Waals surface area contributed by atoms with E-state index < -0.39 is 0 Å². The van der Waals surface area contributed by atoms with Crippen LogP contribution in [-0.4, -0.2) is 14.8 Å². The molecule has 0 aliphatic heterocycles. The van der Waals surface area contributed by atoms with Crippen LogP contribution in [0.3, 0.4) is 0 Å². The van der Waals surface area contributed by atoms with Crippen molar-refractivity contribution in [2.75, 3.05) is 0 Å². The van der Waals surface area contributed by atoms with Gasteiger partial charge < -0.3 is 4.57 Å². The van der Waals surface area contributed by atoms with Gasteiger partial charge in [-0.15, -0.1) is 10.2 Å². The summed E-state index contributed by atoms with van der Waals surface area (Å²) in [5, 5.41) is 9.33. The molecular formula is C10H16BrN3. The van der Waals surface area contributed by atoms with E-state index in [1.807, 2.05) is 0 Å². The number of rotatable bonds is 3. The van der Waals surface area contributed by atoms with Gasteiger partial charge >= 0.3 is 0 Å². The summed E-state index contributed by atoms with van der Waals surface area (Å²) in [7, 11) is 0. The van der Waals surface area contributed by atoms with Crippen molar-refractivity contribution >= 4 is 15.9 Å². The molecule has 1 aromatic rings. The van der Waals surface area contributed by atoms with Crippen LogP contribution in [0, 0.1) is 0 Å². The molecule has 2 rings (SSSR count). The zero-order chi connectivity index (χ0) is 10.1. The third-order valence-electron chi connectivity index (χ3n) is 2.90. The van der Waals surface area contributed by atoms with E-state index in [0.717, 1.165) is 11.2 Å². The molecule has 4 heteroatoms. The molecular weight excluding hydrogens is 242 g/mol. The summed E-state index contributed by atoms with van der Waals surface area (Å²) >= 11 is 3.46. The van der Waals surface area contributed by atoms with Crippen LogP contribution in [0.15, 0.2) is 0 Å². The lowest BCUT2D eigenvalue weighted by atomic mass is 9.84. The molecule has 0 spiro atoms. The number of alkyl halides is 1. The minimum Gasteiger partial charge on any atom is -0.311 e. The molecule has 1 aliphatic rings. The van der Waals surface area contributed by atoms with E-state index in [1.165, 1.54) is 25.1 Å². The number of nitrogens with zero attached hydrogens (tertiary/aromatic N) is 3. The third-order valence-corrected chi connectivity index (χ3v) is 3.40. The van der Waals surface area contributed by atoms with Gasteiger partial charge in [0.25, 0.3) is 0 Å². The molecule has 0 aromatic carbocycles. The van der Waals surface area contributed by atoms with E-state index in [2.05, 4.69) is 44.5 Å². The number of aromatic nitrogens is 3. The van der Waals surface area contributed by atoms with E-state index >= 15 is 0 Å². The standard InChI is InChI=1S/C10H16BrN3/c1-7(2)14-9(6-11)12-13-10(14)8-4-3-5-8/h7-8H,3-6H2,1-2H3. The van der Waals surface area contributed by atoms with E-state index in [4.69, 9.17) is 0 Å². The molecule has 3 nitrogen and oxygen atoms in total. The van der Waals surface area contributed by atoms with Crippen molar-refractivity contribution < 1.29 is 0 Å². The Labute approximate surface area is 93.0 Å². The van der Waals surface area contributed by atoms with Crippen LogP contribution >= 0.6 is 15.9 Å². The van der Waals surface area contributed by atoms with Gasteiger partial charge in [0.05, 0.1) is 5.33 Å². The number of halogens is 1. The van der Waals surface area contributed by atoms with Gasteiger partial charge in [0.1, 0.15) is 11.6 Å². The quantitative estimate of drug-likeness (QED) is 0.780. The largest absolute Gasteiger partial charge is 0.311 e. The maximum Gasteiger partial charge on any atom is 0.143 e. The van der Waals surface area contributed by atoms with E-state index in [1.54, 1.807) is 0 Å². The molecule has 0 amide bonds. The van der Waals surface area contributed by atoms with Gasteiger partial charge in [-0.05, 0) is 26.7 Å². The van der Waals surface area contributed by atoms with E-state index in [0.29, 0.717) is 12.0 Å². The molecule has 14 heavy (non-hydrogen) atoms. The summed E-state index contributed by atoms with van der Waals surface area (Å²) in [6, 6.07) is 0.466. The lowest BCUT2D eigenvalue weighted by Crippen LogP contribution is -2.17. The third kappa shape index (κ3) is 1.60. The topological polar surface area (TPSA) is 30.7 Å². The first-order chi connectivity index (χ1) is 6.74. The zero-order valence-electron chi connectivity index (χ0n) is 8.70. The Kier molecular flexibility index (Phi) is 2.91. The molecule has 78 valence electrons. The highest BCUT2D eigenvalue weighted by Crippen LogP contribution is 2.36. The maximum atomic E-state index is 4.31. The first-order valence-corrected chi connectivity index (χ1v) is 6.35. The Bertz CT molecular complexity index is 315. The maximum absolute atomic E-state index is 4.31. The Hall–Kier alpha value is -0.380. The van der Waals surface area contributed by atoms with Crippen molar-refractivity contribution in [3.8, 4) is 0 Å². The summed E-state index contributed by atoms with van der Waals surface area (Å²) in [6.45, 7) is 4.38. The van der Waals surface area contributed by atoms with Gasteiger partial charge in [0.2, 0.25) is 0 Å². The van der Waals surface area contributed by atoms with Gasteiger partial charge in [-0.25, -0.2) is 0 Å². The number of hydrogen-bond donors (Lipinski definition) is 0. The predicted octanol–water partition coefficient (Wildman–Crippen LogP) is 3.02. The number of hydrogen-bond acceptors (Lipinski definition) is 2. The highest BCUT2D eigenvalue weighted by atomic mass is 79.9. The summed E-state index contributed by atoms with van der Waals surface area (Å²) in [5.74, 6) is 2.92. The predicted molar refractivity (Wildman–Crippen MR) is 59.6 cm³/mol. The van der Waals surface area contributed by atoms with Crippen LogP contribution in [0.1, 0.15) is 56.7 Å². The zero-order valence-corrected chi connectivity index (χ0v) is 10.3. The minimum absolute atomic E-state index is 0.466. The van der Waals surface area contributed by atoms with Crippen molar-refractivity contribution in [1.82, 2.24) is 14.8 Å². The summed E-state index contributed by atoms with van der Waals surface area (Å²) in [4.78, 5) is 0. The van der Waals surface area contributed by atoms with Crippen LogP contribution in [-0.2, 0) is 5.33 Å². The lowest BCUT2D eigenvalue weighted by molar-refractivity contribution is 0.376. The molecule has 0 atom stereocenters. The van der Waals surface area contributed by atoms with Gasteiger partial charge in [-0.2, -0.15) is 0 Å². The second kappa shape index (κ2) is 4.01. The normalized spacial score (nSPS) is 17.4. The average Bonchev–Trinajstić information content (AvgIpc) is 2.44. The summed E-state index contributed by atoms with van der Waals surface area (Å²) in [5.41, 5.74) is 0. The molecule has 0 radical (unpaired) electrons. The highest BCUT2D eigenvalue weighted by molar-refractivity contribution is 9.08. The van der Waals surface area contributed by atoms with Crippen molar-refractivity contribution in [2.45, 2.75) is 50.4 Å². The van der Waals surface area contributed by atoms with Crippen LogP contribution in [0.4, 0.5) is 0 Å². The van der Waals surface area contributed by atoms with Gasteiger partial charge in [0, 0.05) is 12.0 Å². The molecule has 0 bridgehead atoms. The van der Waals surface area contributed by atoms with Crippen molar-refractivity contribution in [3.63, 3.8) is 0 Å². The first kappa shape index (κ1) is 10.1. The monoisotopic (exact) mass is 257 g/mol. The first-order valence-electron chi connectivity index (χ1n) is 5.23.